The summed E-state index contributed by atoms with van der Waals surface area (Å²) in [6.45, 7) is 7.77. The Labute approximate surface area is 157 Å². The van der Waals surface area contributed by atoms with E-state index in [1.807, 2.05) is 17.6 Å². The topological polar surface area (TPSA) is 76.9 Å². The molecule has 1 saturated carbocycles. The third-order valence-electron chi connectivity index (χ3n) is 4.19. The molecule has 3 rings (SSSR count). The van der Waals surface area contributed by atoms with Crippen LogP contribution in [0, 0.1) is 0 Å². The minimum atomic E-state index is -0.351. The summed E-state index contributed by atoms with van der Waals surface area (Å²) >= 11 is 1.38. The van der Waals surface area contributed by atoms with Gasteiger partial charge >= 0.3 is 0 Å². The number of nitrogens with one attached hydrogen (secondary N) is 1. The Morgan fingerprint density at radius 1 is 1.42 bits per heavy atom. The molecule has 1 unspecified atom stereocenters. The van der Waals surface area contributed by atoms with Crippen molar-refractivity contribution in [1.29, 1.82) is 0 Å². The maximum absolute atomic E-state index is 12.5. The van der Waals surface area contributed by atoms with Crippen LogP contribution in [0.5, 0.6) is 0 Å². The zero-order valence-electron chi connectivity index (χ0n) is 14.9. The minimum Gasteiger partial charge on any atom is -0.325 e. The lowest BCUT2D eigenvalue weighted by Gasteiger charge is -2.13. The fourth-order valence-corrected chi connectivity index (χ4v) is 3.47. The van der Waals surface area contributed by atoms with Crippen LogP contribution in [0.4, 0.5) is 5.69 Å². The number of thioether (sulfide) groups is 1. The molecule has 1 heterocycles. The number of nitrogens with zero attached hydrogens (tertiary/aromatic N) is 3. The summed E-state index contributed by atoms with van der Waals surface area (Å²) in [6, 6.07) is 6.94. The van der Waals surface area contributed by atoms with Crippen molar-refractivity contribution >= 4 is 29.1 Å². The molecule has 1 amide bonds. The average Bonchev–Trinajstić information content (AvgIpc) is 3.39. The van der Waals surface area contributed by atoms with E-state index in [-0.39, 0.29) is 16.9 Å². The van der Waals surface area contributed by atoms with Gasteiger partial charge in [0.1, 0.15) is 5.82 Å². The van der Waals surface area contributed by atoms with Gasteiger partial charge in [0.25, 0.3) is 0 Å². The quantitative estimate of drug-likeness (QED) is 0.436. The van der Waals surface area contributed by atoms with Gasteiger partial charge in [-0.25, -0.2) is 0 Å². The summed E-state index contributed by atoms with van der Waals surface area (Å²) in [5.74, 6) is 1.29. The molecule has 2 aromatic rings. The molecule has 7 heteroatoms. The average molecular weight is 370 g/mol. The molecular weight excluding hydrogens is 348 g/mol. The number of aromatic nitrogens is 3. The number of carbonyl (C=O) groups excluding carboxylic acids is 2. The first-order valence-corrected chi connectivity index (χ1v) is 9.50. The molecule has 1 aromatic heterocycles. The van der Waals surface area contributed by atoms with E-state index in [9.17, 15) is 9.59 Å². The molecule has 0 aliphatic heterocycles. The molecule has 1 atom stereocenters. The number of hydrogen-bond donors (Lipinski definition) is 1. The largest absolute Gasteiger partial charge is 0.325 e. The third kappa shape index (κ3) is 4.22. The standard InChI is InChI=1S/C19H22N4O2S/c1-4-10-23-17(14-8-9-14)21-22-19(23)26-13(3)18(25)20-16-7-5-6-15(11-16)12(2)24/h4-7,11,13-14H,1,8-10H2,2-3H3,(H,20,25). The number of ketones is 1. The van der Waals surface area contributed by atoms with E-state index in [4.69, 9.17) is 0 Å². The van der Waals surface area contributed by atoms with Gasteiger partial charge in [0, 0.05) is 23.7 Å². The van der Waals surface area contributed by atoms with Crippen LogP contribution < -0.4 is 5.32 Å². The van der Waals surface area contributed by atoms with Gasteiger partial charge in [0.15, 0.2) is 10.9 Å². The number of benzene rings is 1. The summed E-state index contributed by atoms with van der Waals surface area (Å²) in [5.41, 5.74) is 1.18. The smallest absolute Gasteiger partial charge is 0.237 e. The highest BCUT2D eigenvalue weighted by Crippen LogP contribution is 2.40. The Hall–Kier alpha value is -2.41. The number of carbonyl (C=O) groups is 2. The second-order valence-corrected chi connectivity index (χ2v) is 7.71. The van der Waals surface area contributed by atoms with Crippen LogP contribution in [0.3, 0.4) is 0 Å². The Morgan fingerprint density at radius 2 is 2.19 bits per heavy atom. The molecule has 0 saturated heterocycles. The van der Waals surface area contributed by atoms with Crippen LogP contribution in [-0.4, -0.2) is 31.7 Å². The molecular formula is C19H22N4O2S. The number of amides is 1. The van der Waals surface area contributed by atoms with Gasteiger partial charge < -0.3 is 9.88 Å². The molecule has 0 spiro atoms. The lowest BCUT2D eigenvalue weighted by Crippen LogP contribution is -2.23. The molecule has 1 N–H and O–H groups in total. The van der Waals surface area contributed by atoms with Gasteiger partial charge in [-0.05, 0) is 38.8 Å². The van der Waals surface area contributed by atoms with Gasteiger partial charge in [0.05, 0.1) is 5.25 Å². The van der Waals surface area contributed by atoms with E-state index < -0.39 is 0 Å². The van der Waals surface area contributed by atoms with Crippen molar-refractivity contribution in [3.05, 3.63) is 48.3 Å². The highest BCUT2D eigenvalue weighted by atomic mass is 32.2. The zero-order chi connectivity index (χ0) is 18.7. The van der Waals surface area contributed by atoms with Crippen molar-refractivity contribution in [3.63, 3.8) is 0 Å². The lowest BCUT2D eigenvalue weighted by atomic mass is 10.1. The fraction of sp³-hybridized carbons (Fsp3) is 0.368. The van der Waals surface area contributed by atoms with Gasteiger partial charge in [-0.15, -0.1) is 16.8 Å². The first kappa shape index (κ1) is 18.4. The van der Waals surface area contributed by atoms with Crippen molar-refractivity contribution in [2.24, 2.45) is 0 Å². The molecule has 1 aliphatic rings. The maximum Gasteiger partial charge on any atom is 0.237 e. The third-order valence-corrected chi connectivity index (χ3v) is 5.27. The number of Topliss-reactive ketones (excluding diaryl/α,β-unsaturated/α-hetero) is 1. The van der Waals surface area contributed by atoms with E-state index in [1.54, 1.807) is 24.3 Å². The van der Waals surface area contributed by atoms with Crippen molar-refractivity contribution in [1.82, 2.24) is 14.8 Å². The zero-order valence-corrected chi connectivity index (χ0v) is 15.8. The van der Waals surface area contributed by atoms with Crippen molar-refractivity contribution < 1.29 is 9.59 Å². The Morgan fingerprint density at radius 3 is 2.85 bits per heavy atom. The summed E-state index contributed by atoms with van der Waals surface area (Å²) in [6.07, 6.45) is 4.10. The van der Waals surface area contributed by atoms with Crippen LogP contribution in [0.1, 0.15) is 48.8 Å². The highest BCUT2D eigenvalue weighted by Gasteiger charge is 2.31. The highest BCUT2D eigenvalue weighted by molar-refractivity contribution is 8.00. The molecule has 6 nitrogen and oxygen atoms in total. The molecule has 1 aliphatic carbocycles. The predicted molar refractivity (Wildman–Crippen MR) is 103 cm³/mol. The minimum absolute atomic E-state index is 0.0337. The maximum atomic E-state index is 12.5. The van der Waals surface area contributed by atoms with E-state index in [0.717, 1.165) is 23.8 Å². The first-order chi connectivity index (χ1) is 12.5. The van der Waals surface area contributed by atoms with Crippen LogP contribution in [0.2, 0.25) is 0 Å². The second-order valence-electron chi connectivity index (χ2n) is 6.40. The van der Waals surface area contributed by atoms with E-state index >= 15 is 0 Å². The van der Waals surface area contributed by atoms with Crippen molar-refractivity contribution in [2.75, 3.05) is 5.32 Å². The van der Waals surface area contributed by atoms with Crippen LogP contribution in [0.25, 0.3) is 0 Å². The summed E-state index contributed by atoms with van der Waals surface area (Å²) in [7, 11) is 0. The monoisotopic (exact) mass is 370 g/mol. The van der Waals surface area contributed by atoms with Crippen LogP contribution >= 0.6 is 11.8 Å². The summed E-state index contributed by atoms with van der Waals surface area (Å²) in [5, 5.41) is 11.8. The first-order valence-electron chi connectivity index (χ1n) is 8.62. The molecule has 1 aromatic carbocycles. The fourth-order valence-electron chi connectivity index (χ4n) is 2.60. The van der Waals surface area contributed by atoms with E-state index in [2.05, 4.69) is 22.1 Å². The van der Waals surface area contributed by atoms with Crippen molar-refractivity contribution in [2.45, 2.75) is 49.6 Å². The normalized spacial score (nSPS) is 14.7. The SMILES string of the molecule is C=CCn1c(SC(C)C(=O)Nc2cccc(C(C)=O)c2)nnc1C1CC1. The van der Waals surface area contributed by atoms with Gasteiger partial charge in [-0.3, -0.25) is 9.59 Å². The van der Waals surface area contributed by atoms with Crippen molar-refractivity contribution in [3.8, 4) is 0 Å². The molecule has 0 bridgehead atoms. The number of hydrogen-bond acceptors (Lipinski definition) is 5. The van der Waals surface area contributed by atoms with Gasteiger partial charge in [-0.1, -0.05) is 30.0 Å². The van der Waals surface area contributed by atoms with Gasteiger partial charge in [0.2, 0.25) is 5.91 Å². The number of allylic oxidation sites excluding steroid dienone is 1. The Kier molecular flexibility index (Phi) is 5.56. The lowest BCUT2D eigenvalue weighted by molar-refractivity contribution is -0.115. The predicted octanol–water partition coefficient (Wildman–Crippen LogP) is 3.66. The molecule has 0 radical (unpaired) electrons. The Bertz CT molecular complexity index is 842. The summed E-state index contributed by atoms with van der Waals surface area (Å²) < 4.78 is 2.04. The molecule has 136 valence electrons. The number of anilines is 1. The van der Waals surface area contributed by atoms with Crippen LogP contribution in [-0.2, 0) is 11.3 Å². The number of rotatable bonds is 8. The van der Waals surface area contributed by atoms with E-state index in [1.165, 1.54) is 18.7 Å². The second kappa shape index (κ2) is 7.86. The molecule has 1 fully saturated rings. The Balaban J connectivity index is 1.69. The molecule has 26 heavy (non-hydrogen) atoms. The van der Waals surface area contributed by atoms with Crippen LogP contribution in [0.15, 0.2) is 42.1 Å². The summed E-state index contributed by atoms with van der Waals surface area (Å²) in [4.78, 5) is 24.0. The van der Waals surface area contributed by atoms with E-state index in [0.29, 0.717) is 23.7 Å². The van der Waals surface area contributed by atoms with Gasteiger partial charge in [-0.2, -0.15) is 0 Å².